The van der Waals surface area contributed by atoms with E-state index in [0.29, 0.717) is 6.61 Å². The highest BCUT2D eigenvalue weighted by molar-refractivity contribution is 14.1. The molecule has 1 unspecified atom stereocenters. The van der Waals surface area contributed by atoms with Gasteiger partial charge in [0.15, 0.2) is 6.29 Å². The number of carbonyl (C=O) groups excluding carboxylic acids is 2. The first-order valence-corrected chi connectivity index (χ1v) is 8.53. The fourth-order valence-electron chi connectivity index (χ4n) is 2.14. The Balaban J connectivity index is 1.97. The molecular formula is C17H19IO6. The molecule has 1 aliphatic heterocycles. The van der Waals surface area contributed by atoms with E-state index in [0.717, 1.165) is 9.13 Å². The van der Waals surface area contributed by atoms with Gasteiger partial charge in [0, 0.05) is 17.4 Å². The topological polar surface area (TPSA) is 71.1 Å². The largest absolute Gasteiger partial charge is 0.463 e. The number of halogens is 1. The molecule has 6 nitrogen and oxygen atoms in total. The summed E-state index contributed by atoms with van der Waals surface area (Å²) in [6.45, 7) is 2.99. The maximum atomic E-state index is 11.2. The second-order valence-electron chi connectivity index (χ2n) is 5.21. The molecule has 130 valence electrons. The van der Waals surface area contributed by atoms with Crippen molar-refractivity contribution in [3.05, 3.63) is 45.6 Å². The van der Waals surface area contributed by atoms with Gasteiger partial charge in [-0.25, -0.2) is 0 Å². The molecule has 0 amide bonds. The van der Waals surface area contributed by atoms with E-state index in [9.17, 15) is 9.59 Å². The molecule has 0 fully saturated rings. The van der Waals surface area contributed by atoms with E-state index in [1.807, 2.05) is 24.3 Å². The van der Waals surface area contributed by atoms with Gasteiger partial charge in [-0.1, -0.05) is 18.2 Å². The van der Waals surface area contributed by atoms with Gasteiger partial charge >= 0.3 is 11.9 Å². The van der Waals surface area contributed by atoms with Crippen molar-refractivity contribution in [3.8, 4) is 0 Å². The molecule has 0 saturated carbocycles. The lowest BCUT2D eigenvalue weighted by Crippen LogP contribution is -2.42. The van der Waals surface area contributed by atoms with Crippen LogP contribution in [0.25, 0.3) is 0 Å². The molecule has 0 aromatic heterocycles. The first-order valence-electron chi connectivity index (χ1n) is 7.45. The Labute approximate surface area is 154 Å². The second-order valence-corrected chi connectivity index (χ2v) is 6.37. The average Bonchev–Trinajstić information content (AvgIpc) is 2.53. The molecule has 1 heterocycles. The van der Waals surface area contributed by atoms with E-state index < -0.39 is 30.4 Å². The highest BCUT2D eigenvalue weighted by atomic mass is 127. The van der Waals surface area contributed by atoms with Crippen molar-refractivity contribution in [1.82, 2.24) is 0 Å². The van der Waals surface area contributed by atoms with Crippen LogP contribution in [-0.2, 0) is 35.1 Å². The summed E-state index contributed by atoms with van der Waals surface area (Å²) in [5.41, 5.74) is 1.05. The Morgan fingerprint density at radius 2 is 1.92 bits per heavy atom. The van der Waals surface area contributed by atoms with Crippen LogP contribution in [0.5, 0.6) is 0 Å². The highest BCUT2D eigenvalue weighted by Gasteiger charge is 2.31. The number of benzene rings is 1. The van der Waals surface area contributed by atoms with Gasteiger partial charge in [-0.15, -0.1) is 0 Å². The maximum Gasteiger partial charge on any atom is 0.303 e. The van der Waals surface area contributed by atoms with Crippen LogP contribution >= 0.6 is 22.6 Å². The molecule has 1 aliphatic rings. The molecule has 0 spiro atoms. The Hall–Kier alpha value is -1.45. The SMILES string of the molecule is CC(=O)OC[C@H]1OC(OCc2ccccc2I)C=C[C@H]1OC(C)=O. The molecule has 0 aliphatic carbocycles. The molecule has 7 heteroatoms. The van der Waals surface area contributed by atoms with E-state index in [1.54, 1.807) is 12.2 Å². The third kappa shape index (κ3) is 5.88. The third-order valence-corrected chi connectivity index (χ3v) is 4.30. The molecule has 0 saturated heterocycles. The summed E-state index contributed by atoms with van der Waals surface area (Å²) in [5.74, 6) is -0.856. The molecular weight excluding hydrogens is 427 g/mol. The number of rotatable bonds is 6. The van der Waals surface area contributed by atoms with E-state index in [-0.39, 0.29) is 6.61 Å². The number of carbonyl (C=O) groups is 2. The van der Waals surface area contributed by atoms with Gasteiger partial charge in [0.05, 0.1) is 6.61 Å². The number of hydrogen-bond acceptors (Lipinski definition) is 6. The van der Waals surface area contributed by atoms with Crippen LogP contribution in [-0.4, -0.2) is 37.0 Å². The van der Waals surface area contributed by atoms with Crippen molar-refractivity contribution < 1.29 is 28.5 Å². The van der Waals surface area contributed by atoms with Crippen LogP contribution < -0.4 is 0 Å². The van der Waals surface area contributed by atoms with E-state index >= 15 is 0 Å². The van der Waals surface area contributed by atoms with Gasteiger partial charge in [0.2, 0.25) is 0 Å². The minimum Gasteiger partial charge on any atom is -0.463 e. The normalized spacial score (nSPS) is 22.9. The summed E-state index contributed by atoms with van der Waals surface area (Å²) in [5, 5.41) is 0. The molecule has 0 bridgehead atoms. The zero-order chi connectivity index (χ0) is 17.5. The average molecular weight is 446 g/mol. The van der Waals surface area contributed by atoms with Crippen molar-refractivity contribution in [1.29, 1.82) is 0 Å². The Bertz CT molecular complexity index is 615. The standard InChI is InChI=1S/C17H19IO6/c1-11(19)21-10-16-15(23-12(2)20)7-8-17(24-16)22-9-13-5-3-4-6-14(13)18/h3-8,15-17H,9-10H2,1-2H3/t15-,16-,17?/m1/s1. The molecule has 1 aromatic rings. The third-order valence-electron chi connectivity index (χ3n) is 3.25. The summed E-state index contributed by atoms with van der Waals surface area (Å²) < 4.78 is 22.7. The van der Waals surface area contributed by atoms with E-state index in [4.69, 9.17) is 18.9 Å². The second kappa shape index (κ2) is 9.14. The van der Waals surface area contributed by atoms with Crippen molar-refractivity contribution in [2.45, 2.75) is 39.0 Å². The van der Waals surface area contributed by atoms with Crippen LogP contribution in [0.3, 0.4) is 0 Å². The summed E-state index contributed by atoms with van der Waals surface area (Å²) in [6, 6.07) is 7.88. The first-order chi connectivity index (χ1) is 11.5. The van der Waals surface area contributed by atoms with E-state index in [2.05, 4.69) is 22.6 Å². The predicted molar refractivity (Wildman–Crippen MR) is 93.9 cm³/mol. The predicted octanol–water partition coefficient (Wildman–Crippen LogP) is 2.58. The minimum absolute atomic E-state index is 0.0135. The van der Waals surface area contributed by atoms with Crippen molar-refractivity contribution in [3.63, 3.8) is 0 Å². The summed E-state index contributed by atoms with van der Waals surface area (Å²) in [4.78, 5) is 22.2. The van der Waals surface area contributed by atoms with Gasteiger partial charge in [0.25, 0.3) is 0 Å². The molecule has 0 N–H and O–H groups in total. The van der Waals surface area contributed by atoms with Crippen molar-refractivity contribution >= 4 is 34.5 Å². The lowest BCUT2D eigenvalue weighted by atomic mass is 10.1. The van der Waals surface area contributed by atoms with Crippen LogP contribution in [0.15, 0.2) is 36.4 Å². The van der Waals surface area contributed by atoms with Crippen LogP contribution in [0.2, 0.25) is 0 Å². The Kier molecular flexibility index (Phi) is 7.19. The minimum atomic E-state index is -0.612. The number of hydrogen-bond donors (Lipinski definition) is 0. The molecule has 0 radical (unpaired) electrons. The zero-order valence-corrected chi connectivity index (χ0v) is 15.6. The lowest BCUT2D eigenvalue weighted by molar-refractivity contribution is -0.200. The summed E-state index contributed by atoms with van der Waals surface area (Å²) in [6.07, 6.45) is 1.56. The summed E-state index contributed by atoms with van der Waals surface area (Å²) in [7, 11) is 0. The van der Waals surface area contributed by atoms with Gasteiger partial charge in [0.1, 0.15) is 18.8 Å². The van der Waals surface area contributed by atoms with Crippen LogP contribution in [0.1, 0.15) is 19.4 Å². The Morgan fingerprint density at radius 1 is 1.17 bits per heavy atom. The monoisotopic (exact) mass is 446 g/mol. The molecule has 3 atom stereocenters. The van der Waals surface area contributed by atoms with Gasteiger partial charge in [-0.05, 0) is 46.4 Å². The molecule has 24 heavy (non-hydrogen) atoms. The summed E-state index contributed by atoms with van der Waals surface area (Å²) >= 11 is 2.24. The Morgan fingerprint density at radius 3 is 2.58 bits per heavy atom. The first kappa shape index (κ1) is 18.9. The van der Waals surface area contributed by atoms with Gasteiger partial charge in [-0.2, -0.15) is 0 Å². The molecule has 2 rings (SSSR count). The smallest absolute Gasteiger partial charge is 0.303 e. The van der Waals surface area contributed by atoms with Crippen molar-refractivity contribution in [2.24, 2.45) is 0 Å². The van der Waals surface area contributed by atoms with Crippen LogP contribution in [0, 0.1) is 3.57 Å². The number of ether oxygens (including phenoxy) is 4. The van der Waals surface area contributed by atoms with Gasteiger partial charge < -0.3 is 18.9 Å². The maximum absolute atomic E-state index is 11.2. The van der Waals surface area contributed by atoms with E-state index in [1.165, 1.54) is 13.8 Å². The number of esters is 2. The lowest BCUT2D eigenvalue weighted by Gasteiger charge is -2.31. The fraction of sp³-hybridized carbons (Fsp3) is 0.412. The highest BCUT2D eigenvalue weighted by Crippen LogP contribution is 2.20. The quantitative estimate of drug-likeness (QED) is 0.380. The van der Waals surface area contributed by atoms with Crippen molar-refractivity contribution in [2.75, 3.05) is 6.61 Å². The van der Waals surface area contributed by atoms with Crippen LogP contribution in [0.4, 0.5) is 0 Å². The fourth-order valence-corrected chi connectivity index (χ4v) is 2.68. The zero-order valence-electron chi connectivity index (χ0n) is 13.4. The molecule has 1 aromatic carbocycles. The van der Waals surface area contributed by atoms with Gasteiger partial charge in [-0.3, -0.25) is 9.59 Å².